The van der Waals surface area contributed by atoms with E-state index in [1.165, 1.54) is 17.7 Å². The molecule has 1 aromatic carbocycles. The predicted octanol–water partition coefficient (Wildman–Crippen LogP) is 2.79. The number of hydrogen-bond donors (Lipinski definition) is 2. The summed E-state index contributed by atoms with van der Waals surface area (Å²) < 4.78 is 0. The highest BCUT2D eigenvalue weighted by atomic mass is 15.0. The van der Waals surface area contributed by atoms with E-state index in [0.29, 0.717) is 11.5 Å². The first-order valence-electron chi connectivity index (χ1n) is 5.12. The summed E-state index contributed by atoms with van der Waals surface area (Å²) in [5.41, 5.74) is 9.45. The predicted molar refractivity (Wildman–Crippen MR) is 61.4 cm³/mol. The van der Waals surface area contributed by atoms with Crippen molar-refractivity contribution >= 4 is 11.4 Å². The van der Waals surface area contributed by atoms with Crippen LogP contribution in [0.3, 0.4) is 0 Å². The molecular weight excluding hydrogens is 172 g/mol. The van der Waals surface area contributed by atoms with E-state index in [1.807, 2.05) is 12.1 Å². The Morgan fingerprint density at radius 3 is 2.57 bits per heavy atom. The van der Waals surface area contributed by atoms with Gasteiger partial charge < -0.3 is 11.1 Å². The van der Waals surface area contributed by atoms with Crippen LogP contribution in [0.1, 0.15) is 25.8 Å². The molecule has 2 heteroatoms. The minimum atomic E-state index is 0.466. The quantitative estimate of drug-likeness (QED) is 0.704. The van der Waals surface area contributed by atoms with Gasteiger partial charge in [0.25, 0.3) is 0 Å². The summed E-state index contributed by atoms with van der Waals surface area (Å²) in [6.45, 7) is 6.67. The number of nitrogen functional groups attached to an aromatic ring is 1. The lowest BCUT2D eigenvalue weighted by Gasteiger charge is -2.11. The smallest absolute Gasteiger partial charge is 0.0373 e. The van der Waals surface area contributed by atoms with Gasteiger partial charge in [0, 0.05) is 17.4 Å². The summed E-state index contributed by atoms with van der Waals surface area (Å²) in [5, 5.41) is 3.55. The average molecular weight is 190 g/mol. The van der Waals surface area contributed by atoms with E-state index < -0.39 is 0 Å². The van der Waals surface area contributed by atoms with Crippen LogP contribution in [0.25, 0.3) is 0 Å². The van der Waals surface area contributed by atoms with Crippen molar-refractivity contribution in [3.8, 4) is 0 Å². The van der Waals surface area contributed by atoms with Gasteiger partial charge in [-0.05, 0) is 42.5 Å². The van der Waals surface area contributed by atoms with Crippen molar-refractivity contribution in [2.24, 2.45) is 5.41 Å². The molecule has 1 fully saturated rings. The Morgan fingerprint density at radius 1 is 1.43 bits per heavy atom. The molecule has 0 bridgehead atoms. The topological polar surface area (TPSA) is 38.0 Å². The van der Waals surface area contributed by atoms with Gasteiger partial charge in [-0.2, -0.15) is 0 Å². The molecule has 0 saturated heterocycles. The van der Waals surface area contributed by atoms with Crippen molar-refractivity contribution in [1.29, 1.82) is 0 Å². The van der Waals surface area contributed by atoms with E-state index in [-0.39, 0.29) is 0 Å². The summed E-state index contributed by atoms with van der Waals surface area (Å²) in [5.74, 6) is 0. The van der Waals surface area contributed by atoms with Crippen molar-refractivity contribution in [2.45, 2.75) is 33.2 Å². The molecule has 1 aromatic rings. The van der Waals surface area contributed by atoms with Crippen LogP contribution in [-0.4, -0.2) is 6.04 Å². The summed E-state index contributed by atoms with van der Waals surface area (Å²) in [6, 6.07) is 6.66. The first-order valence-corrected chi connectivity index (χ1v) is 5.12. The van der Waals surface area contributed by atoms with Crippen LogP contribution in [0.15, 0.2) is 18.2 Å². The second-order valence-corrected chi connectivity index (χ2v) is 4.96. The van der Waals surface area contributed by atoms with Crippen molar-refractivity contribution < 1.29 is 0 Å². The minimum absolute atomic E-state index is 0.466. The molecule has 1 aliphatic rings. The summed E-state index contributed by atoms with van der Waals surface area (Å²) >= 11 is 0. The molecule has 2 nitrogen and oxygen atoms in total. The number of benzene rings is 1. The van der Waals surface area contributed by atoms with Gasteiger partial charge in [-0.1, -0.05) is 13.8 Å². The van der Waals surface area contributed by atoms with Gasteiger partial charge in [-0.15, -0.1) is 0 Å². The molecule has 76 valence electrons. The Labute approximate surface area is 85.5 Å². The Bertz CT molecular complexity index is 355. The normalized spacial score (nSPS) is 23.2. The van der Waals surface area contributed by atoms with E-state index >= 15 is 0 Å². The second kappa shape index (κ2) is 2.91. The number of rotatable bonds is 2. The molecule has 0 spiro atoms. The number of aryl methyl sites for hydroxylation is 1. The number of nitrogens with one attached hydrogen (secondary N) is 1. The highest BCUT2D eigenvalue weighted by Crippen LogP contribution is 2.46. The van der Waals surface area contributed by atoms with Crippen molar-refractivity contribution in [3.63, 3.8) is 0 Å². The lowest BCUT2D eigenvalue weighted by Crippen LogP contribution is -2.09. The zero-order valence-electron chi connectivity index (χ0n) is 9.09. The average Bonchev–Trinajstić information content (AvgIpc) is 2.65. The third kappa shape index (κ3) is 1.69. The SMILES string of the molecule is Cc1cc(N)ccc1NC1CC1(C)C. The van der Waals surface area contributed by atoms with Crippen LogP contribution in [0.5, 0.6) is 0 Å². The van der Waals surface area contributed by atoms with Gasteiger partial charge in [-0.3, -0.25) is 0 Å². The molecule has 1 atom stereocenters. The van der Waals surface area contributed by atoms with E-state index in [2.05, 4.69) is 32.2 Å². The van der Waals surface area contributed by atoms with Crippen molar-refractivity contribution in [2.75, 3.05) is 11.1 Å². The standard InChI is InChI=1S/C12H18N2/c1-8-6-9(13)4-5-10(8)14-11-7-12(11,2)3/h4-6,11,14H,7,13H2,1-3H3. The number of anilines is 2. The van der Waals surface area contributed by atoms with Crippen LogP contribution in [-0.2, 0) is 0 Å². The van der Waals surface area contributed by atoms with Crippen molar-refractivity contribution in [1.82, 2.24) is 0 Å². The maximum atomic E-state index is 5.70. The number of nitrogens with two attached hydrogens (primary N) is 1. The van der Waals surface area contributed by atoms with Crippen LogP contribution in [0.2, 0.25) is 0 Å². The molecule has 3 N–H and O–H groups in total. The number of hydrogen-bond acceptors (Lipinski definition) is 2. The summed E-state index contributed by atoms with van der Waals surface area (Å²) in [7, 11) is 0. The fraction of sp³-hybridized carbons (Fsp3) is 0.500. The lowest BCUT2D eigenvalue weighted by molar-refractivity contribution is 0.630. The zero-order valence-corrected chi connectivity index (χ0v) is 9.09. The maximum Gasteiger partial charge on any atom is 0.0373 e. The fourth-order valence-corrected chi connectivity index (χ4v) is 1.75. The molecule has 1 unspecified atom stereocenters. The largest absolute Gasteiger partial charge is 0.399 e. The third-order valence-electron chi connectivity index (χ3n) is 3.09. The van der Waals surface area contributed by atoms with E-state index in [1.54, 1.807) is 0 Å². The first kappa shape index (κ1) is 9.38. The molecule has 1 aliphatic carbocycles. The van der Waals surface area contributed by atoms with Gasteiger partial charge >= 0.3 is 0 Å². The Balaban J connectivity index is 2.11. The van der Waals surface area contributed by atoms with Crippen LogP contribution < -0.4 is 11.1 Å². The molecular formula is C12H18N2. The zero-order chi connectivity index (χ0) is 10.3. The van der Waals surface area contributed by atoms with Crippen LogP contribution >= 0.6 is 0 Å². The van der Waals surface area contributed by atoms with Gasteiger partial charge in [0.15, 0.2) is 0 Å². The minimum Gasteiger partial charge on any atom is -0.399 e. The van der Waals surface area contributed by atoms with Crippen LogP contribution in [0, 0.1) is 12.3 Å². The van der Waals surface area contributed by atoms with Crippen LogP contribution in [0.4, 0.5) is 11.4 Å². The van der Waals surface area contributed by atoms with Gasteiger partial charge in [0.05, 0.1) is 0 Å². The third-order valence-corrected chi connectivity index (χ3v) is 3.09. The van der Waals surface area contributed by atoms with E-state index in [4.69, 9.17) is 5.73 Å². The monoisotopic (exact) mass is 190 g/mol. The Kier molecular flexibility index (Phi) is 1.95. The van der Waals surface area contributed by atoms with Gasteiger partial charge in [-0.25, -0.2) is 0 Å². The molecule has 1 saturated carbocycles. The fourth-order valence-electron chi connectivity index (χ4n) is 1.75. The highest BCUT2D eigenvalue weighted by Gasteiger charge is 2.45. The van der Waals surface area contributed by atoms with Crippen molar-refractivity contribution in [3.05, 3.63) is 23.8 Å². The molecule has 0 aromatic heterocycles. The van der Waals surface area contributed by atoms with E-state index in [0.717, 1.165) is 5.69 Å². The second-order valence-electron chi connectivity index (χ2n) is 4.96. The summed E-state index contributed by atoms with van der Waals surface area (Å²) in [6.07, 6.45) is 1.26. The van der Waals surface area contributed by atoms with Gasteiger partial charge in [0.2, 0.25) is 0 Å². The molecule has 14 heavy (non-hydrogen) atoms. The molecule has 0 amide bonds. The first-order chi connectivity index (χ1) is 6.49. The highest BCUT2D eigenvalue weighted by molar-refractivity contribution is 5.58. The molecule has 0 heterocycles. The molecule has 2 rings (SSSR count). The Hall–Kier alpha value is -1.18. The molecule has 0 radical (unpaired) electrons. The Morgan fingerprint density at radius 2 is 2.07 bits per heavy atom. The lowest BCUT2D eigenvalue weighted by atomic mass is 10.1. The van der Waals surface area contributed by atoms with E-state index in [9.17, 15) is 0 Å². The molecule has 0 aliphatic heterocycles. The maximum absolute atomic E-state index is 5.70. The van der Waals surface area contributed by atoms with Gasteiger partial charge in [0.1, 0.15) is 0 Å². The summed E-state index contributed by atoms with van der Waals surface area (Å²) in [4.78, 5) is 0.